The lowest BCUT2D eigenvalue weighted by Crippen LogP contribution is -2.28. The lowest BCUT2D eigenvalue weighted by Gasteiger charge is -2.20. The summed E-state index contributed by atoms with van der Waals surface area (Å²) in [4.78, 5) is 10.7. The first kappa shape index (κ1) is 17.1. The van der Waals surface area contributed by atoms with Gasteiger partial charge in [-0.3, -0.25) is 4.98 Å². The van der Waals surface area contributed by atoms with E-state index in [1.807, 2.05) is 0 Å². The fourth-order valence-electron chi connectivity index (χ4n) is 3.83. The number of hydrogen-bond acceptors (Lipinski definition) is 5. The van der Waals surface area contributed by atoms with Crippen molar-refractivity contribution in [3.05, 3.63) is 48.4 Å². The normalized spacial score (nSPS) is 24.4. The maximum atomic E-state index is 12.3. The van der Waals surface area contributed by atoms with Crippen molar-refractivity contribution < 1.29 is 17.9 Å². The summed E-state index contributed by atoms with van der Waals surface area (Å²) in [5.74, 6) is 2.68. The van der Waals surface area contributed by atoms with Crippen molar-refractivity contribution in [2.45, 2.75) is 12.9 Å². The molecule has 4 rings (SSSR count). The van der Waals surface area contributed by atoms with Crippen LogP contribution in [0.5, 0.6) is 5.75 Å². The van der Waals surface area contributed by atoms with Gasteiger partial charge >= 0.3 is 6.36 Å². The minimum absolute atomic E-state index is 0.181. The molecule has 0 spiro atoms. The maximum absolute atomic E-state index is 12.3. The fourth-order valence-corrected chi connectivity index (χ4v) is 3.83. The Balaban J connectivity index is 1.22. The molecule has 2 atom stereocenters. The minimum atomic E-state index is -4.66. The first-order valence-corrected chi connectivity index (χ1v) is 8.56. The predicted octanol–water partition coefficient (Wildman–Crippen LogP) is 2.85. The number of nitrogens with zero attached hydrogens (tertiary/aromatic N) is 3. The smallest absolute Gasteiger partial charge is 0.406 e. The number of anilines is 1. The molecule has 0 bridgehead atoms. The number of benzene rings is 1. The maximum Gasteiger partial charge on any atom is 0.573 e. The Morgan fingerprint density at radius 1 is 1.19 bits per heavy atom. The number of nitrogens with one attached hydrogen (secondary N) is 1. The van der Waals surface area contributed by atoms with E-state index >= 15 is 0 Å². The largest absolute Gasteiger partial charge is 0.573 e. The quantitative estimate of drug-likeness (QED) is 0.854. The molecule has 5 nitrogen and oxygen atoms in total. The average Bonchev–Trinajstić information content (AvgIpc) is 3.05. The number of ether oxygens (including phenoxy) is 1. The third-order valence-corrected chi connectivity index (χ3v) is 5.09. The van der Waals surface area contributed by atoms with Crippen molar-refractivity contribution in [2.24, 2.45) is 17.8 Å². The molecular weight excluding hydrogens is 345 g/mol. The fraction of sp³-hybridized carbons (Fsp3) is 0.444. The van der Waals surface area contributed by atoms with Gasteiger partial charge in [-0.25, -0.2) is 4.98 Å². The standard InChI is InChI=1S/C18H19F3N4O/c19-18(20,21)26-13-3-1-2-12(6-13)7-23-8-14-15-10-25(11-16(14)15)17-9-22-4-5-24-17/h1-6,9,14-16,23H,7-8,10-11H2. The third-order valence-electron chi connectivity index (χ3n) is 5.09. The predicted molar refractivity (Wildman–Crippen MR) is 89.5 cm³/mol. The second kappa shape index (κ2) is 6.75. The lowest BCUT2D eigenvalue weighted by molar-refractivity contribution is -0.274. The van der Waals surface area contributed by atoms with Gasteiger partial charge in [-0.1, -0.05) is 12.1 Å². The summed E-state index contributed by atoms with van der Waals surface area (Å²) < 4.78 is 40.8. The van der Waals surface area contributed by atoms with E-state index in [4.69, 9.17) is 0 Å². The molecule has 1 saturated heterocycles. The van der Waals surface area contributed by atoms with Gasteiger partial charge in [-0.15, -0.1) is 13.2 Å². The summed E-state index contributed by atoms with van der Waals surface area (Å²) in [6.45, 7) is 3.38. The highest BCUT2D eigenvalue weighted by atomic mass is 19.4. The van der Waals surface area contributed by atoms with Crippen LogP contribution in [0, 0.1) is 17.8 Å². The van der Waals surface area contributed by atoms with E-state index < -0.39 is 6.36 Å². The van der Waals surface area contributed by atoms with E-state index in [2.05, 4.69) is 24.9 Å². The summed E-state index contributed by atoms with van der Waals surface area (Å²) in [5, 5.41) is 3.35. The molecule has 1 saturated carbocycles. The monoisotopic (exact) mass is 364 g/mol. The second-order valence-corrected chi connectivity index (χ2v) is 6.79. The number of halogens is 3. The first-order chi connectivity index (χ1) is 12.5. The third kappa shape index (κ3) is 3.90. The number of hydrogen-bond donors (Lipinski definition) is 1. The Hall–Kier alpha value is -2.35. The zero-order chi connectivity index (χ0) is 18.1. The minimum Gasteiger partial charge on any atom is -0.406 e. The van der Waals surface area contributed by atoms with Crippen molar-refractivity contribution in [1.29, 1.82) is 0 Å². The topological polar surface area (TPSA) is 50.3 Å². The Morgan fingerprint density at radius 3 is 2.69 bits per heavy atom. The molecule has 2 unspecified atom stereocenters. The van der Waals surface area contributed by atoms with Crippen LogP contribution >= 0.6 is 0 Å². The van der Waals surface area contributed by atoms with Crippen molar-refractivity contribution >= 4 is 5.82 Å². The lowest BCUT2D eigenvalue weighted by atomic mass is 10.2. The zero-order valence-corrected chi connectivity index (χ0v) is 14.0. The molecule has 1 aliphatic carbocycles. The molecule has 2 aliphatic rings. The van der Waals surface area contributed by atoms with Crippen LogP contribution in [0.4, 0.5) is 19.0 Å². The van der Waals surface area contributed by atoms with Crippen LogP contribution in [0.15, 0.2) is 42.9 Å². The number of rotatable bonds is 6. The highest BCUT2D eigenvalue weighted by Crippen LogP contribution is 2.51. The Labute approximate surface area is 149 Å². The second-order valence-electron chi connectivity index (χ2n) is 6.79. The van der Waals surface area contributed by atoms with E-state index in [0.29, 0.717) is 24.3 Å². The molecule has 0 amide bonds. The van der Waals surface area contributed by atoms with Crippen molar-refractivity contribution in [3.8, 4) is 5.75 Å². The van der Waals surface area contributed by atoms with Gasteiger partial charge in [0.05, 0.1) is 6.20 Å². The van der Waals surface area contributed by atoms with Gasteiger partial charge in [0.1, 0.15) is 11.6 Å². The summed E-state index contributed by atoms with van der Waals surface area (Å²) in [6.07, 6.45) is 0.497. The van der Waals surface area contributed by atoms with Crippen LogP contribution in [0.25, 0.3) is 0 Å². The van der Waals surface area contributed by atoms with Crippen LogP contribution in [0.3, 0.4) is 0 Å². The summed E-state index contributed by atoms with van der Waals surface area (Å²) in [5.41, 5.74) is 0.777. The van der Waals surface area contributed by atoms with E-state index in [0.717, 1.165) is 31.0 Å². The molecule has 1 aromatic heterocycles. The Bertz CT molecular complexity index is 744. The van der Waals surface area contributed by atoms with Crippen LogP contribution in [-0.4, -0.2) is 36.0 Å². The molecule has 0 radical (unpaired) electrons. The summed E-state index contributed by atoms with van der Waals surface area (Å²) >= 11 is 0. The van der Waals surface area contributed by atoms with Gasteiger partial charge < -0.3 is 15.0 Å². The number of alkyl halides is 3. The van der Waals surface area contributed by atoms with Gasteiger partial charge in [0, 0.05) is 32.0 Å². The molecule has 8 heteroatoms. The molecule has 1 N–H and O–H groups in total. The van der Waals surface area contributed by atoms with E-state index in [1.54, 1.807) is 30.7 Å². The van der Waals surface area contributed by atoms with Crippen LogP contribution < -0.4 is 15.0 Å². The van der Waals surface area contributed by atoms with Gasteiger partial charge in [-0.05, 0) is 42.0 Å². The highest BCUT2D eigenvalue weighted by Gasteiger charge is 2.55. The number of piperidine rings is 1. The van der Waals surface area contributed by atoms with E-state index in [9.17, 15) is 13.2 Å². The Morgan fingerprint density at radius 2 is 2.00 bits per heavy atom. The van der Waals surface area contributed by atoms with Crippen LogP contribution in [0.1, 0.15) is 5.56 Å². The molecular formula is C18H19F3N4O. The van der Waals surface area contributed by atoms with E-state index in [1.165, 1.54) is 12.1 Å². The molecule has 2 heterocycles. The zero-order valence-electron chi connectivity index (χ0n) is 14.0. The SMILES string of the molecule is FC(F)(F)Oc1cccc(CNCC2C3CN(c4cnccn4)CC23)c1. The number of fused-ring (bicyclic) bond motifs is 1. The molecule has 26 heavy (non-hydrogen) atoms. The first-order valence-electron chi connectivity index (χ1n) is 8.56. The Kier molecular flexibility index (Phi) is 4.44. The van der Waals surface area contributed by atoms with Gasteiger partial charge in [0.25, 0.3) is 0 Å². The van der Waals surface area contributed by atoms with E-state index in [-0.39, 0.29) is 5.75 Å². The van der Waals surface area contributed by atoms with Crippen LogP contribution in [0.2, 0.25) is 0 Å². The van der Waals surface area contributed by atoms with Gasteiger partial charge in [0.15, 0.2) is 0 Å². The average molecular weight is 364 g/mol. The molecule has 1 aliphatic heterocycles. The van der Waals surface area contributed by atoms with Crippen molar-refractivity contribution in [3.63, 3.8) is 0 Å². The highest BCUT2D eigenvalue weighted by molar-refractivity contribution is 5.39. The van der Waals surface area contributed by atoms with Gasteiger partial charge in [-0.2, -0.15) is 0 Å². The molecule has 2 fully saturated rings. The molecule has 138 valence electrons. The number of aromatic nitrogens is 2. The molecule has 2 aromatic rings. The summed E-state index contributed by atoms with van der Waals surface area (Å²) in [6, 6.07) is 6.09. The van der Waals surface area contributed by atoms with Crippen molar-refractivity contribution in [1.82, 2.24) is 15.3 Å². The summed E-state index contributed by atoms with van der Waals surface area (Å²) in [7, 11) is 0. The van der Waals surface area contributed by atoms with Gasteiger partial charge in [0.2, 0.25) is 0 Å². The molecule has 1 aromatic carbocycles. The van der Waals surface area contributed by atoms with Crippen LogP contribution in [-0.2, 0) is 6.54 Å². The van der Waals surface area contributed by atoms with Crippen molar-refractivity contribution in [2.75, 3.05) is 24.5 Å².